The van der Waals surface area contributed by atoms with Crippen molar-refractivity contribution in [2.75, 3.05) is 16.8 Å². The lowest BCUT2D eigenvalue weighted by Gasteiger charge is -2.24. The Kier molecular flexibility index (Phi) is 3.74. The van der Waals surface area contributed by atoms with Crippen molar-refractivity contribution in [3.05, 3.63) is 35.7 Å². The topological polar surface area (TPSA) is 93.8 Å². The van der Waals surface area contributed by atoms with E-state index in [-0.39, 0.29) is 11.8 Å². The van der Waals surface area contributed by atoms with Crippen LogP contribution in [0.15, 0.2) is 29.7 Å². The van der Waals surface area contributed by atoms with Crippen LogP contribution in [0.5, 0.6) is 0 Å². The Balaban J connectivity index is 1.97. The predicted octanol–water partition coefficient (Wildman–Crippen LogP) is 2.04. The monoisotopic (exact) mass is 301 g/mol. The molecule has 0 saturated heterocycles. The second-order valence-corrected chi connectivity index (χ2v) is 5.94. The molecular formula is C14H15N5OS. The van der Waals surface area contributed by atoms with Gasteiger partial charge in [0.2, 0.25) is 5.91 Å². The molecule has 2 aromatic heterocycles. The number of anilines is 2. The molecule has 108 valence electrons. The van der Waals surface area contributed by atoms with E-state index in [1.54, 1.807) is 30.2 Å². The number of fused-ring (bicyclic) bond motifs is 1. The Morgan fingerprint density at radius 2 is 2.14 bits per heavy atom. The van der Waals surface area contributed by atoms with E-state index in [1.807, 2.05) is 6.07 Å². The highest BCUT2D eigenvalue weighted by Crippen LogP contribution is 2.36. The van der Waals surface area contributed by atoms with E-state index >= 15 is 0 Å². The van der Waals surface area contributed by atoms with Crippen molar-refractivity contribution in [3.8, 4) is 0 Å². The van der Waals surface area contributed by atoms with Gasteiger partial charge in [0.15, 0.2) is 5.16 Å². The summed E-state index contributed by atoms with van der Waals surface area (Å²) in [6.45, 7) is 2.06. The molecule has 1 atom stereocenters. The first-order chi connectivity index (χ1) is 10.2. The molecule has 0 bridgehead atoms. The number of pyridine rings is 1. The van der Waals surface area contributed by atoms with E-state index in [4.69, 9.17) is 5.73 Å². The number of hydrogen-bond donors (Lipinski definition) is 2. The fraction of sp³-hybridized carbons (Fsp3) is 0.286. The molecule has 0 fully saturated rings. The molecule has 6 nitrogen and oxygen atoms in total. The number of hydrogen-bond acceptors (Lipinski definition) is 6. The largest absolute Gasteiger partial charge is 0.384 e. The quantitative estimate of drug-likeness (QED) is 0.665. The Morgan fingerprint density at radius 3 is 2.86 bits per heavy atom. The van der Waals surface area contributed by atoms with Crippen molar-refractivity contribution in [2.45, 2.75) is 24.4 Å². The summed E-state index contributed by atoms with van der Waals surface area (Å²) in [5, 5.41) is 3.50. The van der Waals surface area contributed by atoms with Crippen LogP contribution < -0.4 is 11.1 Å². The third-order valence-corrected chi connectivity index (χ3v) is 4.05. The zero-order valence-corrected chi connectivity index (χ0v) is 12.4. The Hall–Kier alpha value is -2.15. The number of carbonyl (C=O) groups excluding carboxylic acids is 1. The first-order valence-electron chi connectivity index (χ1n) is 6.68. The van der Waals surface area contributed by atoms with Gasteiger partial charge in [-0.3, -0.25) is 4.79 Å². The van der Waals surface area contributed by atoms with Gasteiger partial charge in [0.25, 0.3) is 0 Å². The molecule has 2 aromatic rings. The number of nitrogens with two attached hydrogens (primary N) is 1. The van der Waals surface area contributed by atoms with Crippen LogP contribution in [0.3, 0.4) is 0 Å². The van der Waals surface area contributed by atoms with Crippen LogP contribution in [0.4, 0.5) is 11.6 Å². The second kappa shape index (κ2) is 5.69. The van der Waals surface area contributed by atoms with Gasteiger partial charge in [-0.2, -0.15) is 0 Å². The number of aromatic nitrogens is 3. The molecule has 0 unspecified atom stereocenters. The van der Waals surface area contributed by atoms with E-state index in [9.17, 15) is 4.79 Å². The normalized spacial score (nSPS) is 17.2. The SMILES string of the molecule is CCSc1ncc([C@@H]2CC(=O)Nc3nc(N)ccc32)cn1. The van der Waals surface area contributed by atoms with Crippen molar-refractivity contribution in [2.24, 2.45) is 0 Å². The van der Waals surface area contributed by atoms with Crippen molar-refractivity contribution >= 4 is 29.3 Å². The molecule has 0 saturated carbocycles. The Bertz CT molecular complexity index is 674. The average Bonchev–Trinajstić information content (AvgIpc) is 2.47. The maximum Gasteiger partial charge on any atom is 0.226 e. The maximum atomic E-state index is 11.9. The second-order valence-electron chi connectivity index (χ2n) is 4.71. The fourth-order valence-corrected chi connectivity index (χ4v) is 2.86. The standard InChI is InChI=1S/C14H15N5OS/c1-2-21-14-16-6-8(7-17-14)10-5-12(20)19-13-9(10)3-4-11(15)18-13/h3-4,6-7,10H,2,5H2,1H3,(H3,15,18,19,20)/t10-/m0/s1. The van der Waals surface area contributed by atoms with Gasteiger partial charge in [-0.1, -0.05) is 24.8 Å². The number of nitrogens with one attached hydrogen (secondary N) is 1. The van der Waals surface area contributed by atoms with Crippen LogP contribution >= 0.6 is 11.8 Å². The number of nitrogens with zero attached hydrogens (tertiary/aromatic N) is 3. The Labute approximate surface area is 126 Å². The van der Waals surface area contributed by atoms with Gasteiger partial charge < -0.3 is 11.1 Å². The Morgan fingerprint density at radius 1 is 1.38 bits per heavy atom. The van der Waals surface area contributed by atoms with Gasteiger partial charge in [0, 0.05) is 30.3 Å². The van der Waals surface area contributed by atoms with Crippen molar-refractivity contribution in [1.29, 1.82) is 0 Å². The number of nitrogen functional groups attached to an aromatic ring is 1. The average molecular weight is 301 g/mol. The first kappa shape index (κ1) is 13.8. The van der Waals surface area contributed by atoms with Crippen LogP contribution in [0.2, 0.25) is 0 Å². The minimum Gasteiger partial charge on any atom is -0.384 e. The van der Waals surface area contributed by atoms with Crippen LogP contribution in [-0.4, -0.2) is 26.6 Å². The molecule has 0 spiro atoms. The number of rotatable bonds is 3. The van der Waals surface area contributed by atoms with E-state index < -0.39 is 0 Å². The van der Waals surface area contributed by atoms with Crippen LogP contribution in [-0.2, 0) is 4.79 Å². The van der Waals surface area contributed by atoms with Crippen molar-refractivity contribution < 1.29 is 4.79 Å². The van der Waals surface area contributed by atoms with Gasteiger partial charge in [0.05, 0.1) is 0 Å². The summed E-state index contributed by atoms with van der Waals surface area (Å²) < 4.78 is 0. The number of carbonyl (C=O) groups is 1. The molecular weight excluding hydrogens is 286 g/mol. The lowest BCUT2D eigenvalue weighted by Crippen LogP contribution is -2.25. The molecule has 1 amide bonds. The summed E-state index contributed by atoms with van der Waals surface area (Å²) in [6.07, 6.45) is 3.94. The lowest BCUT2D eigenvalue weighted by molar-refractivity contribution is -0.116. The molecule has 3 heterocycles. The lowest BCUT2D eigenvalue weighted by atomic mass is 9.88. The highest BCUT2D eigenvalue weighted by atomic mass is 32.2. The predicted molar refractivity (Wildman–Crippen MR) is 82.2 cm³/mol. The molecule has 0 aromatic carbocycles. The fourth-order valence-electron chi connectivity index (χ4n) is 2.35. The van der Waals surface area contributed by atoms with E-state index in [1.165, 1.54) is 0 Å². The molecule has 3 rings (SSSR count). The molecule has 0 radical (unpaired) electrons. The first-order valence-corrected chi connectivity index (χ1v) is 7.67. The number of amides is 1. The molecule has 1 aliphatic rings. The van der Waals surface area contributed by atoms with Gasteiger partial charge >= 0.3 is 0 Å². The molecule has 21 heavy (non-hydrogen) atoms. The smallest absolute Gasteiger partial charge is 0.226 e. The van der Waals surface area contributed by atoms with E-state index in [0.717, 1.165) is 22.0 Å². The zero-order chi connectivity index (χ0) is 14.8. The van der Waals surface area contributed by atoms with Gasteiger partial charge in [-0.25, -0.2) is 15.0 Å². The summed E-state index contributed by atoms with van der Waals surface area (Å²) in [5.74, 6) is 1.70. The van der Waals surface area contributed by atoms with Gasteiger partial charge in [-0.15, -0.1) is 0 Å². The van der Waals surface area contributed by atoms with Crippen LogP contribution in [0, 0.1) is 0 Å². The third kappa shape index (κ3) is 2.82. The van der Waals surface area contributed by atoms with E-state index in [0.29, 0.717) is 18.1 Å². The van der Waals surface area contributed by atoms with Crippen LogP contribution in [0.25, 0.3) is 0 Å². The van der Waals surface area contributed by atoms with E-state index in [2.05, 4.69) is 27.2 Å². The number of thioether (sulfide) groups is 1. The van der Waals surface area contributed by atoms with Crippen molar-refractivity contribution in [1.82, 2.24) is 15.0 Å². The minimum atomic E-state index is -0.0810. The summed E-state index contributed by atoms with van der Waals surface area (Å²) in [5.41, 5.74) is 7.54. The maximum absolute atomic E-state index is 11.9. The summed E-state index contributed by atoms with van der Waals surface area (Å²) >= 11 is 1.59. The minimum absolute atomic E-state index is 0.0717. The highest BCUT2D eigenvalue weighted by molar-refractivity contribution is 7.99. The summed E-state index contributed by atoms with van der Waals surface area (Å²) in [6, 6.07) is 3.64. The van der Waals surface area contributed by atoms with Gasteiger partial charge in [-0.05, 0) is 17.4 Å². The third-order valence-electron chi connectivity index (χ3n) is 3.29. The summed E-state index contributed by atoms with van der Waals surface area (Å²) in [4.78, 5) is 24.7. The van der Waals surface area contributed by atoms with Crippen molar-refractivity contribution in [3.63, 3.8) is 0 Å². The highest BCUT2D eigenvalue weighted by Gasteiger charge is 2.28. The zero-order valence-electron chi connectivity index (χ0n) is 11.5. The van der Waals surface area contributed by atoms with Gasteiger partial charge in [0.1, 0.15) is 11.6 Å². The summed E-state index contributed by atoms with van der Waals surface area (Å²) in [7, 11) is 0. The molecule has 0 aliphatic carbocycles. The molecule has 1 aliphatic heterocycles. The molecule has 3 N–H and O–H groups in total. The van der Waals surface area contributed by atoms with Crippen LogP contribution in [0.1, 0.15) is 30.4 Å². The molecule has 7 heteroatoms.